The highest BCUT2D eigenvalue weighted by atomic mass is 16.5. The van der Waals surface area contributed by atoms with Gasteiger partial charge in [-0.2, -0.15) is 0 Å². The molecule has 15 heavy (non-hydrogen) atoms. The molecule has 1 saturated heterocycles. The van der Waals surface area contributed by atoms with Crippen molar-refractivity contribution in [1.29, 1.82) is 0 Å². The monoisotopic (exact) mass is 206 g/mol. The van der Waals surface area contributed by atoms with Gasteiger partial charge in [-0.25, -0.2) is 0 Å². The number of rotatable bonds is 2. The number of benzene rings is 1. The summed E-state index contributed by atoms with van der Waals surface area (Å²) in [6, 6.07) is 6.52. The number of nitrogens with two attached hydrogens (primary N) is 1. The molecular weight excluding hydrogens is 188 g/mol. The summed E-state index contributed by atoms with van der Waals surface area (Å²) in [7, 11) is 0. The van der Waals surface area contributed by atoms with Crippen molar-refractivity contribution in [2.24, 2.45) is 0 Å². The Kier molecular flexibility index (Phi) is 3.11. The normalized spacial score (nSPS) is 17.7. The highest BCUT2D eigenvalue weighted by Gasteiger charge is 2.13. The molecule has 1 fully saturated rings. The molecule has 0 spiro atoms. The topological polar surface area (TPSA) is 47.3 Å². The molecule has 3 heteroatoms. The van der Waals surface area contributed by atoms with E-state index >= 15 is 0 Å². The Morgan fingerprint density at radius 3 is 2.80 bits per heavy atom. The molecule has 0 saturated carbocycles. The van der Waals surface area contributed by atoms with Gasteiger partial charge in [0.25, 0.3) is 0 Å². The summed E-state index contributed by atoms with van der Waals surface area (Å²) in [6.45, 7) is 3.82. The first-order valence-corrected chi connectivity index (χ1v) is 5.46. The first-order valence-electron chi connectivity index (χ1n) is 5.46. The Labute approximate surface area is 90.6 Å². The highest BCUT2D eigenvalue weighted by Crippen LogP contribution is 2.21. The van der Waals surface area contributed by atoms with Crippen LogP contribution in [0.15, 0.2) is 18.2 Å². The predicted octanol–water partition coefficient (Wildman–Crippen LogP) is 2.17. The number of nitrogen functional groups attached to an aromatic ring is 1. The maximum absolute atomic E-state index is 5.77. The smallest absolute Gasteiger partial charge is 0.0485 e. The third-order valence-corrected chi connectivity index (χ3v) is 2.84. The maximum Gasteiger partial charge on any atom is 0.0485 e. The number of aryl methyl sites for hydroxylation is 1. The number of hydrogen-bond donors (Lipinski definition) is 2. The van der Waals surface area contributed by atoms with Crippen molar-refractivity contribution < 1.29 is 4.74 Å². The van der Waals surface area contributed by atoms with Gasteiger partial charge in [-0.1, -0.05) is 6.07 Å². The Hall–Kier alpha value is -1.22. The molecule has 0 atom stereocenters. The van der Waals surface area contributed by atoms with Gasteiger partial charge >= 0.3 is 0 Å². The average molecular weight is 206 g/mol. The minimum absolute atomic E-state index is 0.527. The lowest BCUT2D eigenvalue weighted by atomic mass is 10.1. The molecule has 82 valence electrons. The number of nitrogens with one attached hydrogen (secondary N) is 1. The van der Waals surface area contributed by atoms with Crippen LogP contribution in [0.25, 0.3) is 0 Å². The van der Waals surface area contributed by atoms with Gasteiger partial charge in [0.2, 0.25) is 0 Å². The van der Waals surface area contributed by atoms with E-state index in [1.165, 1.54) is 5.56 Å². The quantitative estimate of drug-likeness (QED) is 0.729. The maximum atomic E-state index is 5.77. The largest absolute Gasteiger partial charge is 0.399 e. The van der Waals surface area contributed by atoms with Crippen molar-refractivity contribution in [2.75, 3.05) is 24.3 Å². The lowest BCUT2D eigenvalue weighted by Crippen LogP contribution is -2.28. The fourth-order valence-corrected chi connectivity index (χ4v) is 1.86. The third-order valence-electron chi connectivity index (χ3n) is 2.84. The van der Waals surface area contributed by atoms with E-state index < -0.39 is 0 Å². The SMILES string of the molecule is Cc1ccc(N)cc1NC1CCOCC1. The summed E-state index contributed by atoms with van der Waals surface area (Å²) < 4.78 is 5.33. The fraction of sp³-hybridized carbons (Fsp3) is 0.500. The molecule has 0 amide bonds. The molecule has 0 aromatic heterocycles. The van der Waals surface area contributed by atoms with Gasteiger partial charge in [-0.3, -0.25) is 0 Å². The second kappa shape index (κ2) is 4.53. The molecular formula is C12H18N2O. The van der Waals surface area contributed by atoms with Crippen molar-refractivity contribution in [3.63, 3.8) is 0 Å². The first kappa shape index (κ1) is 10.3. The fourth-order valence-electron chi connectivity index (χ4n) is 1.86. The third kappa shape index (κ3) is 2.63. The zero-order chi connectivity index (χ0) is 10.7. The van der Waals surface area contributed by atoms with Gasteiger partial charge in [0.15, 0.2) is 0 Å². The van der Waals surface area contributed by atoms with Crippen LogP contribution in [0.1, 0.15) is 18.4 Å². The standard InChI is InChI=1S/C12H18N2O/c1-9-2-3-10(13)8-12(9)14-11-4-6-15-7-5-11/h2-3,8,11,14H,4-7,13H2,1H3. The highest BCUT2D eigenvalue weighted by molar-refractivity contribution is 5.59. The molecule has 1 heterocycles. The van der Waals surface area contributed by atoms with Crippen molar-refractivity contribution in [1.82, 2.24) is 0 Å². The van der Waals surface area contributed by atoms with Gasteiger partial charge in [0.05, 0.1) is 0 Å². The van der Waals surface area contributed by atoms with Crippen LogP contribution in [0.3, 0.4) is 0 Å². The van der Waals surface area contributed by atoms with Crippen LogP contribution in [0.4, 0.5) is 11.4 Å². The second-order valence-electron chi connectivity index (χ2n) is 4.11. The van der Waals surface area contributed by atoms with E-state index in [-0.39, 0.29) is 0 Å². The average Bonchev–Trinajstić information content (AvgIpc) is 2.25. The Morgan fingerprint density at radius 1 is 1.33 bits per heavy atom. The molecule has 1 aromatic rings. The van der Waals surface area contributed by atoms with Crippen LogP contribution in [0.2, 0.25) is 0 Å². The van der Waals surface area contributed by atoms with Gasteiger partial charge in [-0.05, 0) is 37.5 Å². The van der Waals surface area contributed by atoms with E-state index in [0.29, 0.717) is 6.04 Å². The van der Waals surface area contributed by atoms with Gasteiger partial charge in [-0.15, -0.1) is 0 Å². The molecule has 0 unspecified atom stereocenters. The van der Waals surface area contributed by atoms with Gasteiger partial charge < -0.3 is 15.8 Å². The lowest BCUT2D eigenvalue weighted by Gasteiger charge is -2.25. The summed E-state index contributed by atoms with van der Waals surface area (Å²) in [5, 5.41) is 3.53. The van der Waals surface area contributed by atoms with E-state index in [4.69, 9.17) is 10.5 Å². The molecule has 1 aliphatic heterocycles. The van der Waals surface area contributed by atoms with Crippen molar-refractivity contribution in [3.05, 3.63) is 23.8 Å². The second-order valence-corrected chi connectivity index (χ2v) is 4.11. The van der Waals surface area contributed by atoms with Crippen LogP contribution in [-0.2, 0) is 4.74 Å². The van der Waals surface area contributed by atoms with Crippen molar-refractivity contribution in [3.8, 4) is 0 Å². The summed E-state index contributed by atoms with van der Waals surface area (Å²) in [4.78, 5) is 0. The van der Waals surface area contributed by atoms with E-state index in [0.717, 1.165) is 37.4 Å². The van der Waals surface area contributed by atoms with E-state index in [2.05, 4.69) is 18.3 Å². The first-order chi connectivity index (χ1) is 7.25. The Morgan fingerprint density at radius 2 is 2.07 bits per heavy atom. The molecule has 1 aromatic carbocycles. The minimum atomic E-state index is 0.527. The number of anilines is 2. The van der Waals surface area contributed by atoms with Crippen LogP contribution < -0.4 is 11.1 Å². The molecule has 0 radical (unpaired) electrons. The molecule has 3 nitrogen and oxygen atoms in total. The zero-order valence-corrected chi connectivity index (χ0v) is 9.12. The lowest BCUT2D eigenvalue weighted by molar-refractivity contribution is 0.0904. The Bertz CT molecular complexity index is 332. The van der Waals surface area contributed by atoms with Gasteiger partial charge in [0, 0.05) is 30.6 Å². The van der Waals surface area contributed by atoms with E-state index in [1.807, 2.05) is 12.1 Å². The molecule has 2 rings (SSSR count). The molecule has 0 aliphatic carbocycles. The summed E-state index contributed by atoms with van der Waals surface area (Å²) in [5.41, 5.74) is 8.98. The molecule has 3 N–H and O–H groups in total. The number of hydrogen-bond acceptors (Lipinski definition) is 3. The summed E-state index contributed by atoms with van der Waals surface area (Å²) >= 11 is 0. The molecule has 1 aliphatic rings. The van der Waals surface area contributed by atoms with E-state index in [1.54, 1.807) is 0 Å². The summed E-state index contributed by atoms with van der Waals surface area (Å²) in [5.74, 6) is 0. The van der Waals surface area contributed by atoms with Crippen LogP contribution in [-0.4, -0.2) is 19.3 Å². The molecule has 0 bridgehead atoms. The van der Waals surface area contributed by atoms with Crippen LogP contribution in [0, 0.1) is 6.92 Å². The van der Waals surface area contributed by atoms with Crippen molar-refractivity contribution in [2.45, 2.75) is 25.8 Å². The van der Waals surface area contributed by atoms with Crippen LogP contribution in [0.5, 0.6) is 0 Å². The van der Waals surface area contributed by atoms with Gasteiger partial charge in [0.1, 0.15) is 0 Å². The van der Waals surface area contributed by atoms with Crippen LogP contribution >= 0.6 is 0 Å². The predicted molar refractivity (Wildman–Crippen MR) is 63.1 cm³/mol. The Balaban J connectivity index is 2.05. The summed E-state index contributed by atoms with van der Waals surface area (Å²) in [6.07, 6.45) is 2.16. The zero-order valence-electron chi connectivity index (χ0n) is 9.12. The number of ether oxygens (including phenoxy) is 1. The minimum Gasteiger partial charge on any atom is -0.399 e. The van der Waals surface area contributed by atoms with Crippen molar-refractivity contribution >= 4 is 11.4 Å². The van der Waals surface area contributed by atoms with E-state index in [9.17, 15) is 0 Å².